The molecule has 0 aromatic heterocycles. The Morgan fingerprint density at radius 2 is 1.84 bits per heavy atom. The minimum Gasteiger partial charge on any atom is -0.457 e. The molecule has 19 heavy (non-hydrogen) atoms. The largest absolute Gasteiger partial charge is 0.457 e. The Hall–Kier alpha value is -2.62. The predicted octanol–water partition coefficient (Wildman–Crippen LogP) is 2.70. The molecule has 0 bridgehead atoms. The van der Waals surface area contributed by atoms with Crippen molar-refractivity contribution < 1.29 is 14.3 Å². The number of amides is 1. The summed E-state index contributed by atoms with van der Waals surface area (Å²) >= 11 is 0. The Morgan fingerprint density at radius 1 is 1.16 bits per heavy atom. The van der Waals surface area contributed by atoms with Gasteiger partial charge < -0.3 is 10.5 Å². The van der Waals surface area contributed by atoms with Crippen LogP contribution in [0.25, 0.3) is 0 Å². The Kier molecular flexibility index (Phi) is 3.61. The molecule has 0 unspecified atom stereocenters. The first-order valence-corrected chi connectivity index (χ1v) is 5.74. The van der Waals surface area contributed by atoms with E-state index in [1.807, 2.05) is 0 Å². The molecule has 2 aromatic rings. The van der Waals surface area contributed by atoms with Crippen molar-refractivity contribution in [1.82, 2.24) is 0 Å². The molecular formula is C15H13NO3. The van der Waals surface area contributed by atoms with E-state index in [2.05, 4.69) is 0 Å². The first-order valence-electron chi connectivity index (χ1n) is 5.74. The topological polar surface area (TPSA) is 69.4 Å². The van der Waals surface area contributed by atoms with E-state index >= 15 is 0 Å². The van der Waals surface area contributed by atoms with Crippen LogP contribution < -0.4 is 10.5 Å². The summed E-state index contributed by atoms with van der Waals surface area (Å²) in [5.41, 5.74) is 6.98. The summed E-state index contributed by atoms with van der Waals surface area (Å²) in [7, 11) is 0. The molecule has 2 rings (SSSR count). The van der Waals surface area contributed by atoms with E-state index in [0.29, 0.717) is 28.2 Å². The molecule has 0 aliphatic heterocycles. The van der Waals surface area contributed by atoms with Crippen LogP contribution >= 0.6 is 0 Å². The maximum Gasteiger partial charge on any atom is 0.249 e. The van der Waals surface area contributed by atoms with Crippen molar-refractivity contribution in [3.63, 3.8) is 0 Å². The number of hydrogen-bond acceptors (Lipinski definition) is 3. The zero-order valence-corrected chi connectivity index (χ0v) is 10.4. The average molecular weight is 255 g/mol. The van der Waals surface area contributed by atoms with Crippen LogP contribution in [0, 0.1) is 6.92 Å². The van der Waals surface area contributed by atoms with Gasteiger partial charge in [0.25, 0.3) is 0 Å². The van der Waals surface area contributed by atoms with Gasteiger partial charge in [-0.25, -0.2) is 0 Å². The van der Waals surface area contributed by atoms with Crippen LogP contribution in [-0.2, 0) is 0 Å². The number of nitrogens with two attached hydrogens (primary N) is 1. The Bertz CT molecular complexity index is 618. The highest BCUT2D eigenvalue weighted by Gasteiger charge is 2.09. The molecule has 0 aliphatic rings. The van der Waals surface area contributed by atoms with Crippen LogP contribution in [0.15, 0.2) is 42.5 Å². The molecule has 0 saturated carbocycles. The highest BCUT2D eigenvalue weighted by Crippen LogP contribution is 2.27. The van der Waals surface area contributed by atoms with Crippen molar-refractivity contribution in [2.75, 3.05) is 0 Å². The van der Waals surface area contributed by atoms with Crippen molar-refractivity contribution in [3.05, 3.63) is 59.2 Å². The standard InChI is InChI=1S/C15H13NO3/c1-10-13(15(16)18)3-2-4-14(10)19-12-7-5-11(9-17)6-8-12/h2-9H,1H3,(H2,16,18). The van der Waals surface area contributed by atoms with Crippen molar-refractivity contribution in [2.45, 2.75) is 6.92 Å². The Morgan fingerprint density at radius 3 is 2.42 bits per heavy atom. The van der Waals surface area contributed by atoms with E-state index in [-0.39, 0.29) is 0 Å². The lowest BCUT2D eigenvalue weighted by atomic mass is 10.1. The van der Waals surface area contributed by atoms with Gasteiger partial charge in [-0.2, -0.15) is 0 Å². The van der Waals surface area contributed by atoms with Gasteiger partial charge in [0.2, 0.25) is 5.91 Å². The quantitative estimate of drug-likeness (QED) is 0.854. The predicted molar refractivity (Wildman–Crippen MR) is 71.6 cm³/mol. The van der Waals surface area contributed by atoms with Gasteiger partial charge in [0.1, 0.15) is 17.8 Å². The Labute approximate surface area is 110 Å². The van der Waals surface area contributed by atoms with Gasteiger partial charge in [-0.1, -0.05) is 6.07 Å². The second-order valence-corrected chi connectivity index (χ2v) is 4.08. The SMILES string of the molecule is Cc1c(Oc2ccc(C=O)cc2)cccc1C(N)=O. The maximum atomic E-state index is 11.2. The summed E-state index contributed by atoms with van der Waals surface area (Å²) < 4.78 is 5.68. The van der Waals surface area contributed by atoms with Gasteiger partial charge in [0, 0.05) is 16.7 Å². The van der Waals surface area contributed by atoms with Crippen LogP contribution in [0.1, 0.15) is 26.3 Å². The fraction of sp³-hybridized carbons (Fsp3) is 0.0667. The second-order valence-electron chi connectivity index (χ2n) is 4.08. The lowest BCUT2D eigenvalue weighted by Crippen LogP contribution is -2.12. The zero-order valence-electron chi connectivity index (χ0n) is 10.4. The molecule has 0 aliphatic carbocycles. The third-order valence-electron chi connectivity index (χ3n) is 2.79. The van der Waals surface area contributed by atoms with Gasteiger partial charge in [0.05, 0.1) is 0 Å². The molecule has 4 heteroatoms. The molecule has 0 radical (unpaired) electrons. The number of hydrogen-bond donors (Lipinski definition) is 1. The number of carbonyl (C=O) groups excluding carboxylic acids is 2. The summed E-state index contributed by atoms with van der Waals surface area (Å²) in [6.45, 7) is 1.77. The minimum absolute atomic E-state index is 0.432. The molecule has 0 spiro atoms. The van der Waals surface area contributed by atoms with E-state index < -0.39 is 5.91 Å². The van der Waals surface area contributed by atoms with E-state index in [4.69, 9.17) is 10.5 Å². The smallest absolute Gasteiger partial charge is 0.249 e. The molecule has 0 saturated heterocycles. The van der Waals surface area contributed by atoms with Gasteiger partial charge in [-0.3, -0.25) is 9.59 Å². The summed E-state index contributed by atoms with van der Waals surface area (Å²) in [5, 5.41) is 0. The first-order chi connectivity index (χ1) is 9.11. The van der Waals surface area contributed by atoms with Crippen molar-refractivity contribution >= 4 is 12.2 Å². The Balaban J connectivity index is 2.30. The monoisotopic (exact) mass is 255 g/mol. The molecule has 96 valence electrons. The lowest BCUT2D eigenvalue weighted by Gasteiger charge is -2.10. The zero-order chi connectivity index (χ0) is 13.8. The van der Waals surface area contributed by atoms with Crippen LogP contribution in [-0.4, -0.2) is 12.2 Å². The van der Waals surface area contributed by atoms with Gasteiger partial charge in [-0.05, 0) is 43.3 Å². The van der Waals surface area contributed by atoms with Crippen molar-refractivity contribution in [3.8, 4) is 11.5 Å². The number of benzene rings is 2. The highest BCUT2D eigenvalue weighted by molar-refractivity contribution is 5.94. The number of primary amides is 1. The molecule has 1 amide bonds. The van der Waals surface area contributed by atoms with Crippen LogP contribution in [0.2, 0.25) is 0 Å². The normalized spacial score (nSPS) is 9.95. The van der Waals surface area contributed by atoms with Crippen molar-refractivity contribution in [2.24, 2.45) is 5.73 Å². The van der Waals surface area contributed by atoms with Gasteiger partial charge in [0.15, 0.2) is 0 Å². The van der Waals surface area contributed by atoms with Crippen LogP contribution in [0.4, 0.5) is 0 Å². The molecular weight excluding hydrogens is 242 g/mol. The van der Waals surface area contributed by atoms with E-state index in [1.165, 1.54) is 0 Å². The molecule has 0 atom stereocenters. The number of aldehydes is 1. The third-order valence-corrected chi connectivity index (χ3v) is 2.79. The van der Waals surface area contributed by atoms with Crippen LogP contribution in [0.3, 0.4) is 0 Å². The summed E-state index contributed by atoms with van der Waals surface area (Å²) in [6, 6.07) is 11.8. The molecule has 2 N–H and O–H groups in total. The van der Waals surface area contributed by atoms with Crippen LogP contribution in [0.5, 0.6) is 11.5 Å². The molecule has 0 heterocycles. The summed E-state index contributed by atoms with van der Waals surface area (Å²) in [5.74, 6) is 0.671. The van der Waals surface area contributed by atoms with E-state index in [1.54, 1.807) is 49.4 Å². The second kappa shape index (κ2) is 5.35. The lowest BCUT2D eigenvalue weighted by molar-refractivity contribution is 0.0999. The van der Waals surface area contributed by atoms with E-state index in [0.717, 1.165) is 6.29 Å². The average Bonchev–Trinajstić information content (AvgIpc) is 2.41. The molecule has 2 aromatic carbocycles. The third kappa shape index (κ3) is 2.80. The fourth-order valence-corrected chi connectivity index (χ4v) is 1.73. The van der Waals surface area contributed by atoms with Gasteiger partial charge >= 0.3 is 0 Å². The fourth-order valence-electron chi connectivity index (χ4n) is 1.73. The van der Waals surface area contributed by atoms with Gasteiger partial charge in [-0.15, -0.1) is 0 Å². The number of ether oxygens (including phenoxy) is 1. The van der Waals surface area contributed by atoms with E-state index in [9.17, 15) is 9.59 Å². The molecule has 0 fully saturated rings. The number of rotatable bonds is 4. The highest BCUT2D eigenvalue weighted by atomic mass is 16.5. The summed E-state index contributed by atoms with van der Waals surface area (Å²) in [6.07, 6.45) is 0.767. The maximum absolute atomic E-state index is 11.2. The molecule has 4 nitrogen and oxygen atoms in total. The minimum atomic E-state index is -0.487. The number of carbonyl (C=O) groups is 2. The van der Waals surface area contributed by atoms with Crippen molar-refractivity contribution in [1.29, 1.82) is 0 Å². The summed E-state index contributed by atoms with van der Waals surface area (Å²) in [4.78, 5) is 21.8. The first kappa shape index (κ1) is 12.8.